The number of hydrogen-bond donors (Lipinski definition) is 2. The number of sulfone groups is 1. The molecule has 1 heterocycles. The third-order valence-corrected chi connectivity index (χ3v) is 6.56. The molecule has 2 aromatic rings. The first-order valence-electron chi connectivity index (χ1n) is 8.89. The molecular formula is C20H25ClN2O4S. The van der Waals surface area contributed by atoms with E-state index in [9.17, 15) is 13.2 Å². The average molecular weight is 425 g/mol. The maximum Gasteiger partial charge on any atom is 0.256 e. The van der Waals surface area contributed by atoms with Gasteiger partial charge in [0, 0.05) is 12.8 Å². The van der Waals surface area contributed by atoms with Gasteiger partial charge in [-0.3, -0.25) is 4.79 Å². The van der Waals surface area contributed by atoms with E-state index in [1.54, 1.807) is 61.7 Å². The van der Waals surface area contributed by atoms with Crippen molar-refractivity contribution in [1.29, 1.82) is 0 Å². The second kappa shape index (κ2) is 9.52. The van der Waals surface area contributed by atoms with Gasteiger partial charge in [-0.15, -0.1) is 12.4 Å². The van der Waals surface area contributed by atoms with Crippen molar-refractivity contribution in [3.05, 3.63) is 60.2 Å². The summed E-state index contributed by atoms with van der Waals surface area (Å²) in [7, 11) is -1.89. The summed E-state index contributed by atoms with van der Waals surface area (Å²) in [6, 6.07) is 15.3. The van der Waals surface area contributed by atoms with Gasteiger partial charge in [0.25, 0.3) is 5.91 Å². The largest absolute Gasteiger partial charge is 0.368 e. The van der Waals surface area contributed by atoms with Crippen LogP contribution >= 0.6 is 12.4 Å². The Morgan fingerprint density at radius 3 is 2.43 bits per heavy atom. The summed E-state index contributed by atoms with van der Waals surface area (Å²) in [6.45, 7) is 1.44. The molecule has 0 aromatic heterocycles. The molecule has 0 aliphatic carbocycles. The van der Waals surface area contributed by atoms with Crippen LogP contribution in [0, 0.1) is 0 Å². The Hall–Kier alpha value is -1.93. The Bertz CT molecular complexity index is 897. The molecule has 0 saturated carbocycles. The summed E-state index contributed by atoms with van der Waals surface area (Å²) in [5.41, 5.74) is 0.335. The number of amides is 1. The van der Waals surface area contributed by atoms with E-state index in [2.05, 4.69) is 10.6 Å². The smallest absolute Gasteiger partial charge is 0.256 e. The first-order valence-corrected chi connectivity index (χ1v) is 10.5. The van der Waals surface area contributed by atoms with Crippen molar-refractivity contribution in [2.75, 3.05) is 25.5 Å². The zero-order chi connectivity index (χ0) is 19.3. The van der Waals surface area contributed by atoms with Gasteiger partial charge in [0.05, 0.1) is 10.6 Å². The molecular weight excluding hydrogens is 400 g/mol. The summed E-state index contributed by atoms with van der Waals surface area (Å²) >= 11 is 0. The summed E-state index contributed by atoms with van der Waals surface area (Å²) < 4.78 is 30.7. The number of hydrogen-bond acceptors (Lipinski definition) is 5. The van der Waals surface area contributed by atoms with E-state index in [-0.39, 0.29) is 29.0 Å². The van der Waals surface area contributed by atoms with E-state index in [4.69, 9.17) is 4.74 Å². The fourth-order valence-electron chi connectivity index (χ4n) is 3.27. The first-order chi connectivity index (χ1) is 13.0. The van der Waals surface area contributed by atoms with Gasteiger partial charge in [0.1, 0.15) is 5.60 Å². The van der Waals surface area contributed by atoms with Crippen LogP contribution < -0.4 is 10.6 Å². The molecule has 1 aliphatic rings. The molecule has 0 spiro atoms. The van der Waals surface area contributed by atoms with E-state index in [1.807, 2.05) is 0 Å². The Kier molecular flexibility index (Phi) is 7.60. The van der Waals surface area contributed by atoms with Crippen LogP contribution in [0.2, 0.25) is 0 Å². The molecule has 2 N–H and O–H groups in total. The molecule has 0 unspecified atom stereocenters. The summed E-state index contributed by atoms with van der Waals surface area (Å²) in [5, 5.41) is 6.10. The van der Waals surface area contributed by atoms with Gasteiger partial charge in [-0.2, -0.15) is 0 Å². The van der Waals surface area contributed by atoms with Gasteiger partial charge in [-0.05, 0) is 55.8 Å². The van der Waals surface area contributed by atoms with Crippen LogP contribution in [0.1, 0.15) is 18.4 Å². The Morgan fingerprint density at radius 1 is 1.11 bits per heavy atom. The number of ether oxygens (including phenoxy) is 1. The molecule has 0 bridgehead atoms. The quantitative estimate of drug-likeness (QED) is 0.744. The molecule has 28 heavy (non-hydrogen) atoms. The standard InChI is InChI=1S/C20H24N2O4S.ClH/c1-26-20(10-12-21-13-11-20)19(23)22-17-7-5-6-16(14-17)15-27(24,25)18-8-3-2-4-9-18;/h2-9,14,21H,10-13,15H2,1H3,(H,22,23);1H. The fourth-order valence-corrected chi connectivity index (χ4v) is 4.63. The number of methoxy groups -OCH3 is 1. The zero-order valence-electron chi connectivity index (χ0n) is 15.7. The Labute approximate surface area is 172 Å². The molecule has 3 rings (SSSR count). The average Bonchev–Trinajstić information content (AvgIpc) is 2.69. The summed E-state index contributed by atoms with van der Waals surface area (Å²) in [4.78, 5) is 13.0. The van der Waals surface area contributed by atoms with Crippen LogP contribution in [0.4, 0.5) is 5.69 Å². The maximum atomic E-state index is 12.8. The second-order valence-electron chi connectivity index (χ2n) is 6.68. The van der Waals surface area contributed by atoms with Gasteiger partial charge in [0.2, 0.25) is 0 Å². The third kappa shape index (κ3) is 5.11. The highest BCUT2D eigenvalue weighted by molar-refractivity contribution is 7.90. The minimum atomic E-state index is -3.44. The van der Waals surface area contributed by atoms with Crippen molar-refractivity contribution in [2.45, 2.75) is 29.1 Å². The van der Waals surface area contributed by atoms with E-state index in [1.165, 1.54) is 0 Å². The molecule has 1 amide bonds. The number of rotatable bonds is 6. The number of piperidine rings is 1. The molecule has 1 fully saturated rings. The Morgan fingerprint density at radius 2 is 1.79 bits per heavy atom. The highest BCUT2D eigenvalue weighted by Crippen LogP contribution is 2.25. The molecule has 152 valence electrons. The Balaban J connectivity index is 0.00000280. The summed E-state index contributed by atoms with van der Waals surface area (Å²) in [6.07, 6.45) is 1.19. The minimum Gasteiger partial charge on any atom is -0.368 e. The lowest BCUT2D eigenvalue weighted by molar-refractivity contribution is -0.140. The van der Waals surface area contributed by atoms with Crippen molar-refractivity contribution in [3.8, 4) is 0 Å². The normalized spacial score (nSPS) is 16.0. The van der Waals surface area contributed by atoms with Crippen molar-refractivity contribution in [1.82, 2.24) is 5.32 Å². The van der Waals surface area contributed by atoms with Crippen molar-refractivity contribution >= 4 is 33.8 Å². The SMILES string of the molecule is COC1(C(=O)Nc2cccc(CS(=O)(=O)c3ccccc3)c2)CCNCC1.Cl. The number of benzene rings is 2. The number of carbonyl (C=O) groups is 1. The van der Waals surface area contributed by atoms with E-state index < -0.39 is 15.4 Å². The summed E-state index contributed by atoms with van der Waals surface area (Å²) in [5.74, 6) is -0.324. The monoisotopic (exact) mass is 424 g/mol. The van der Waals surface area contributed by atoms with E-state index in [0.29, 0.717) is 24.1 Å². The topological polar surface area (TPSA) is 84.5 Å². The van der Waals surface area contributed by atoms with E-state index in [0.717, 1.165) is 13.1 Å². The van der Waals surface area contributed by atoms with Gasteiger partial charge in [-0.1, -0.05) is 30.3 Å². The predicted molar refractivity (Wildman–Crippen MR) is 111 cm³/mol. The molecule has 1 aliphatic heterocycles. The van der Waals surface area contributed by atoms with Gasteiger partial charge in [0.15, 0.2) is 9.84 Å². The minimum absolute atomic E-state index is 0. The van der Waals surface area contributed by atoms with Crippen LogP contribution in [0.15, 0.2) is 59.5 Å². The lowest BCUT2D eigenvalue weighted by atomic mass is 9.91. The lowest BCUT2D eigenvalue weighted by Crippen LogP contribution is -2.51. The van der Waals surface area contributed by atoms with Crippen molar-refractivity contribution < 1.29 is 17.9 Å². The highest BCUT2D eigenvalue weighted by atomic mass is 35.5. The van der Waals surface area contributed by atoms with Crippen LogP contribution in [0.3, 0.4) is 0 Å². The molecule has 8 heteroatoms. The maximum absolute atomic E-state index is 12.8. The van der Waals surface area contributed by atoms with Crippen LogP contribution in [0.5, 0.6) is 0 Å². The van der Waals surface area contributed by atoms with Gasteiger partial charge in [-0.25, -0.2) is 8.42 Å². The molecule has 1 saturated heterocycles. The van der Waals surface area contributed by atoms with Gasteiger partial charge < -0.3 is 15.4 Å². The third-order valence-electron chi connectivity index (χ3n) is 4.86. The first kappa shape index (κ1) is 22.4. The highest BCUT2D eigenvalue weighted by Gasteiger charge is 2.39. The zero-order valence-corrected chi connectivity index (χ0v) is 17.3. The predicted octanol–water partition coefficient (Wildman–Crippen LogP) is 2.79. The molecule has 0 atom stereocenters. The second-order valence-corrected chi connectivity index (χ2v) is 8.66. The van der Waals surface area contributed by atoms with Crippen molar-refractivity contribution in [3.63, 3.8) is 0 Å². The van der Waals surface area contributed by atoms with Gasteiger partial charge >= 0.3 is 0 Å². The number of nitrogens with one attached hydrogen (secondary N) is 2. The number of halogens is 1. The lowest BCUT2D eigenvalue weighted by Gasteiger charge is -2.34. The molecule has 2 aromatic carbocycles. The fraction of sp³-hybridized carbons (Fsp3) is 0.350. The van der Waals surface area contributed by atoms with Crippen LogP contribution in [-0.2, 0) is 25.1 Å². The van der Waals surface area contributed by atoms with Crippen LogP contribution in [0.25, 0.3) is 0 Å². The number of anilines is 1. The van der Waals surface area contributed by atoms with Crippen molar-refractivity contribution in [2.24, 2.45) is 0 Å². The molecule has 6 nitrogen and oxygen atoms in total. The van der Waals surface area contributed by atoms with E-state index >= 15 is 0 Å². The van der Waals surface area contributed by atoms with Crippen LogP contribution in [-0.4, -0.2) is 40.1 Å². The number of carbonyl (C=O) groups excluding carboxylic acids is 1. The molecule has 0 radical (unpaired) electrons.